The van der Waals surface area contributed by atoms with E-state index in [9.17, 15) is 4.79 Å². The van der Waals surface area contributed by atoms with E-state index in [0.29, 0.717) is 22.8 Å². The molecular weight excluding hydrogens is 376 g/mol. The molecule has 1 unspecified atom stereocenters. The van der Waals surface area contributed by atoms with Crippen LogP contribution >= 0.6 is 11.6 Å². The van der Waals surface area contributed by atoms with Crippen molar-refractivity contribution in [2.75, 3.05) is 11.9 Å². The second-order valence-electron chi connectivity index (χ2n) is 6.83. The third kappa shape index (κ3) is 3.71. The SMILES string of the molecule is C[C@H]1C(Nc2ccc(Cl)cn2)CCCN1C(=O)c1ccccc1-n1nccn1. The molecule has 1 saturated heterocycles. The molecule has 1 aliphatic heterocycles. The lowest BCUT2D eigenvalue weighted by Crippen LogP contribution is -2.52. The number of nitrogens with one attached hydrogen (secondary N) is 1. The molecule has 8 heteroatoms. The number of para-hydroxylation sites is 1. The Balaban J connectivity index is 1.56. The smallest absolute Gasteiger partial charge is 0.256 e. The van der Waals surface area contributed by atoms with Gasteiger partial charge in [0.25, 0.3) is 5.91 Å². The molecule has 0 aliphatic carbocycles. The lowest BCUT2D eigenvalue weighted by atomic mass is 9.96. The van der Waals surface area contributed by atoms with Crippen LogP contribution in [0.4, 0.5) is 5.82 Å². The predicted octanol–water partition coefficient (Wildman–Crippen LogP) is 3.42. The molecule has 0 saturated carbocycles. The van der Waals surface area contributed by atoms with Crippen molar-refractivity contribution >= 4 is 23.3 Å². The highest BCUT2D eigenvalue weighted by atomic mass is 35.5. The molecule has 1 fully saturated rings. The van der Waals surface area contributed by atoms with Gasteiger partial charge in [-0.2, -0.15) is 15.0 Å². The summed E-state index contributed by atoms with van der Waals surface area (Å²) in [5.41, 5.74) is 1.27. The molecule has 3 aromatic rings. The second-order valence-corrected chi connectivity index (χ2v) is 7.27. The maximum Gasteiger partial charge on any atom is 0.256 e. The van der Waals surface area contributed by atoms with Crippen molar-refractivity contribution in [1.82, 2.24) is 24.9 Å². The molecule has 0 spiro atoms. The third-order valence-corrected chi connectivity index (χ3v) is 5.30. The van der Waals surface area contributed by atoms with Gasteiger partial charge in [-0.15, -0.1) is 0 Å². The van der Waals surface area contributed by atoms with E-state index in [1.807, 2.05) is 35.2 Å². The zero-order chi connectivity index (χ0) is 19.5. The number of carbonyl (C=O) groups excluding carboxylic acids is 1. The topological polar surface area (TPSA) is 75.9 Å². The number of hydrogen-bond donors (Lipinski definition) is 1. The highest BCUT2D eigenvalue weighted by Gasteiger charge is 2.32. The summed E-state index contributed by atoms with van der Waals surface area (Å²) < 4.78 is 0. The predicted molar refractivity (Wildman–Crippen MR) is 108 cm³/mol. The molecule has 7 nitrogen and oxygen atoms in total. The molecule has 0 radical (unpaired) electrons. The maximum absolute atomic E-state index is 13.4. The number of halogens is 1. The van der Waals surface area contributed by atoms with Crippen LogP contribution in [0.2, 0.25) is 5.02 Å². The van der Waals surface area contributed by atoms with Gasteiger partial charge in [-0.1, -0.05) is 23.7 Å². The molecule has 2 atom stereocenters. The number of pyridine rings is 1. The first-order valence-corrected chi connectivity index (χ1v) is 9.66. The Labute approximate surface area is 168 Å². The van der Waals surface area contributed by atoms with Crippen molar-refractivity contribution in [1.29, 1.82) is 0 Å². The van der Waals surface area contributed by atoms with Gasteiger partial charge >= 0.3 is 0 Å². The Bertz CT molecular complexity index is 944. The van der Waals surface area contributed by atoms with Crippen LogP contribution in [0.3, 0.4) is 0 Å². The monoisotopic (exact) mass is 396 g/mol. The van der Waals surface area contributed by atoms with E-state index in [0.717, 1.165) is 18.7 Å². The summed E-state index contributed by atoms with van der Waals surface area (Å²) in [6, 6.07) is 11.2. The van der Waals surface area contributed by atoms with Gasteiger partial charge in [-0.05, 0) is 44.0 Å². The molecule has 144 valence electrons. The number of piperidine rings is 1. The van der Waals surface area contributed by atoms with Crippen molar-refractivity contribution in [2.45, 2.75) is 31.8 Å². The maximum atomic E-state index is 13.4. The van der Waals surface area contributed by atoms with Gasteiger partial charge in [0, 0.05) is 24.8 Å². The zero-order valence-electron chi connectivity index (χ0n) is 15.5. The van der Waals surface area contributed by atoms with Crippen LogP contribution in [-0.2, 0) is 0 Å². The Morgan fingerprint density at radius 3 is 2.71 bits per heavy atom. The fourth-order valence-electron chi connectivity index (χ4n) is 3.60. The lowest BCUT2D eigenvalue weighted by molar-refractivity contribution is 0.0616. The number of amides is 1. The summed E-state index contributed by atoms with van der Waals surface area (Å²) in [6.45, 7) is 2.78. The Kier molecular flexibility index (Phi) is 5.25. The number of aromatic nitrogens is 4. The molecule has 1 aromatic carbocycles. The normalized spacial score (nSPS) is 19.4. The highest BCUT2D eigenvalue weighted by Crippen LogP contribution is 2.25. The summed E-state index contributed by atoms with van der Waals surface area (Å²) in [6.07, 6.45) is 6.71. The molecule has 4 rings (SSSR count). The van der Waals surface area contributed by atoms with Crippen LogP contribution < -0.4 is 5.32 Å². The van der Waals surface area contributed by atoms with E-state index in [1.54, 1.807) is 24.7 Å². The fourth-order valence-corrected chi connectivity index (χ4v) is 3.71. The van der Waals surface area contributed by atoms with Crippen molar-refractivity contribution < 1.29 is 4.79 Å². The minimum Gasteiger partial charge on any atom is -0.365 e. The van der Waals surface area contributed by atoms with E-state index in [1.165, 1.54) is 4.80 Å². The van der Waals surface area contributed by atoms with Crippen LogP contribution in [-0.4, -0.2) is 49.4 Å². The number of rotatable bonds is 4. The summed E-state index contributed by atoms with van der Waals surface area (Å²) in [4.78, 5) is 21.1. The molecular formula is C20H21ClN6O. The first kappa shape index (κ1) is 18.4. The number of nitrogens with zero attached hydrogens (tertiary/aromatic N) is 5. The van der Waals surface area contributed by atoms with Crippen LogP contribution in [0, 0.1) is 0 Å². The summed E-state index contributed by atoms with van der Waals surface area (Å²) in [5.74, 6) is 0.743. The van der Waals surface area contributed by atoms with Crippen molar-refractivity contribution in [2.24, 2.45) is 0 Å². The number of carbonyl (C=O) groups is 1. The van der Waals surface area contributed by atoms with E-state index in [4.69, 9.17) is 11.6 Å². The van der Waals surface area contributed by atoms with Crippen LogP contribution in [0.15, 0.2) is 55.0 Å². The molecule has 1 N–H and O–H groups in total. The first-order valence-electron chi connectivity index (χ1n) is 9.28. The second kappa shape index (κ2) is 7.98. The Hall–Kier alpha value is -2.93. The lowest BCUT2D eigenvalue weighted by Gasteiger charge is -2.40. The average molecular weight is 397 g/mol. The molecule has 1 amide bonds. The van der Waals surface area contributed by atoms with Gasteiger partial charge < -0.3 is 10.2 Å². The standard InChI is InChI=1S/C20H21ClN6O/c1-14-17(25-19-9-8-15(21)13-22-19)6-4-12-26(14)20(28)16-5-2-3-7-18(16)27-23-10-11-24-27/h2-3,5,7-11,13-14,17H,4,6,12H2,1H3,(H,22,25)/t14-,17?/m0/s1. The van der Waals surface area contributed by atoms with Crippen molar-refractivity contribution in [3.63, 3.8) is 0 Å². The molecule has 1 aliphatic rings. The van der Waals surface area contributed by atoms with Gasteiger partial charge in [0.05, 0.1) is 28.7 Å². The van der Waals surface area contributed by atoms with E-state index >= 15 is 0 Å². The number of hydrogen-bond acceptors (Lipinski definition) is 5. The molecule has 28 heavy (non-hydrogen) atoms. The third-order valence-electron chi connectivity index (χ3n) is 5.08. The van der Waals surface area contributed by atoms with Gasteiger partial charge in [-0.25, -0.2) is 4.98 Å². The van der Waals surface area contributed by atoms with Crippen LogP contribution in [0.1, 0.15) is 30.1 Å². The molecule has 2 aromatic heterocycles. The minimum atomic E-state index is -0.0176. The first-order chi connectivity index (χ1) is 13.6. The molecule has 0 bridgehead atoms. The Morgan fingerprint density at radius 2 is 1.96 bits per heavy atom. The average Bonchev–Trinajstić information content (AvgIpc) is 3.25. The largest absolute Gasteiger partial charge is 0.365 e. The van der Waals surface area contributed by atoms with E-state index < -0.39 is 0 Å². The Morgan fingerprint density at radius 1 is 1.18 bits per heavy atom. The summed E-state index contributed by atoms with van der Waals surface area (Å²) in [5, 5.41) is 12.4. The quantitative estimate of drug-likeness (QED) is 0.731. The van der Waals surface area contributed by atoms with Crippen LogP contribution in [0.25, 0.3) is 5.69 Å². The number of likely N-dealkylation sites (tertiary alicyclic amines) is 1. The minimum absolute atomic E-state index is 0.0114. The van der Waals surface area contributed by atoms with Gasteiger partial charge in [0.1, 0.15) is 5.82 Å². The number of anilines is 1. The van der Waals surface area contributed by atoms with Gasteiger partial charge in [-0.3, -0.25) is 4.79 Å². The summed E-state index contributed by atoms with van der Waals surface area (Å²) in [7, 11) is 0. The highest BCUT2D eigenvalue weighted by molar-refractivity contribution is 6.30. The number of benzene rings is 1. The summed E-state index contributed by atoms with van der Waals surface area (Å²) >= 11 is 5.92. The van der Waals surface area contributed by atoms with E-state index in [-0.39, 0.29) is 18.0 Å². The molecule has 3 heterocycles. The fraction of sp³-hybridized carbons (Fsp3) is 0.300. The van der Waals surface area contributed by atoms with Crippen molar-refractivity contribution in [3.05, 3.63) is 65.6 Å². The van der Waals surface area contributed by atoms with E-state index in [2.05, 4.69) is 27.4 Å². The zero-order valence-corrected chi connectivity index (χ0v) is 16.3. The van der Waals surface area contributed by atoms with Gasteiger partial charge in [0.2, 0.25) is 0 Å². The van der Waals surface area contributed by atoms with Crippen molar-refractivity contribution in [3.8, 4) is 5.69 Å². The van der Waals surface area contributed by atoms with Gasteiger partial charge in [0.15, 0.2) is 0 Å². The van der Waals surface area contributed by atoms with Crippen LogP contribution in [0.5, 0.6) is 0 Å².